The van der Waals surface area contributed by atoms with Crippen molar-refractivity contribution in [2.45, 2.75) is 6.42 Å². The van der Waals surface area contributed by atoms with Gasteiger partial charge in [-0.2, -0.15) is 5.10 Å². The standard InChI is InChI=1S/C35H32N4O5/c1-41-30-17-11-27(12-18-30)33-22-29(21-28-5-3-4-6-34(28)42-2)35(39-37-33)38-36-23-25-7-13-31(14-8-25)43-19-20-44-32-15-9-26(24-40)10-16-32/h3-18,22-24H,19-21H2,1-2H3,(H,38,39)/b36-23+. The number of para-hydroxylation sites is 1. The highest BCUT2D eigenvalue weighted by Gasteiger charge is 2.12. The number of nitrogens with zero attached hydrogens (tertiary/aromatic N) is 3. The molecule has 0 aliphatic rings. The van der Waals surface area contributed by atoms with Gasteiger partial charge in [0.2, 0.25) is 0 Å². The SMILES string of the molecule is COc1ccc(-c2cc(Cc3ccccc3OC)c(N/N=C/c3ccc(OCCOc4ccc(C=O)cc4)cc3)nn2)cc1. The maximum absolute atomic E-state index is 10.8. The fraction of sp³-hybridized carbons (Fsp3) is 0.143. The lowest BCUT2D eigenvalue weighted by Gasteiger charge is -2.12. The number of hydrogen-bond acceptors (Lipinski definition) is 9. The monoisotopic (exact) mass is 588 g/mol. The van der Waals surface area contributed by atoms with E-state index >= 15 is 0 Å². The van der Waals surface area contributed by atoms with Gasteiger partial charge in [-0.25, -0.2) is 0 Å². The van der Waals surface area contributed by atoms with Crippen LogP contribution in [0.3, 0.4) is 0 Å². The smallest absolute Gasteiger partial charge is 0.172 e. The summed E-state index contributed by atoms with van der Waals surface area (Å²) >= 11 is 0. The molecule has 0 fully saturated rings. The quantitative estimate of drug-likeness (QED) is 0.0682. The van der Waals surface area contributed by atoms with Gasteiger partial charge in [0, 0.05) is 23.1 Å². The molecule has 0 amide bonds. The molecule has 0 bridgehead atoms. The van der Waals surface area contributed by atoms with Crippen molar-refractivity contribution in [3.05, 3.63) is 125 Å². The van der Waals surface area contributed by atoms with E-state index in [1.54, 1.807) is 44.7 Å². The number of anilines is 1. The lowest BCUT2D eigenvalue weighted by Crippen LogP contribution is -2.09. The number of aromatic nitrogens is 2. The minimum Gasteiger partial charge on any atom is -0.497 e. The van der Waals surface area contributed by atoms with E-state index in [0.717, 1.165) is 45.7 Å². The molecule has 5 aromatic rings. The average molecular weight is 589 g/mol. The van der Waals surface area contributed by atoms with E-state index in [1.165, 1.54) is 0 Å². The van der Waals surface area contributed by atoms with Crippen molar-refractivity contribution in [2.24, 2.45) is 5.10 Å². The lowest BCUT2D eigenvalue weighted by atomic mass is 10.0. The third-order valence-corrected chi connectivity index (χ3v) is 6.73. The number of methoxy groups -OCH3 is 2. The van der Waals surface area contributed by atoms with E-state index in [1.807, 2.05) is 78.9 Å². The number of carbonyl (C=O) groups excluding carboxylic acids is 1. The Morgan fingerprint density at radius 1 is 0.705 bits per heavy atom. The van der Waals surface area contributed by atoms with Crippen molar-refractivity contribution >= 4 is 18.3 Å². The van der Waals surface area contributed by atoms with E-state index in [2.05, 4.69) is 20.7 Å². The number of rotatable bonds is 14. The van der Waals surface area contributed by atoms with Crippen molar-refractivity contribution in [3.63, 3.8) is 0 Å². The van der Waals surface area contributed by atoms with Gasteiger partial charge >= 0.3 is 0 Å². The first-order valence-corrected chi connectivity index (χ1v) is 14.0. The molecule has 0 aliphatic heterocycles. The molecular weight excluding hydrogens is 556 g/mol. The molecular formula is C35H32N4O5. The normalized spacial score (nSPS) is 10.8. The Kier molecular flexibility index (Phi) is 10.1. The van der Waals surface area contributed by atoms with Gasteiger partial charge in [-0.15, -0.1) is 10.2 Å². The highest BCUT2D eigenvalue weighted by atomic mass is 16.5. The van der Waals surface area contributed by atoms with E-state index in [0.29, 0.717) is 42.5 Å². The third kappa shape index (κ3) is 7.98. The Hall–Kier alpha value is -5.70. The zero-order chi connectivity index (χ0) is 30.6. The van der Waals surface area contributed by atoms with Gasteiger partial charge in [-0.1, -0.05) is 18.2 Å². The molecule has 0 unspecified atom stereocenters. The molecule has 4 aromatic carbocycles. The summed E-state index contributed by atoms with van der Waals surface area (Å²) in [6.07, 6.45) is 3.08. The highest BCUT2D eigenvalue weighted by Crippen LogP contribution is 2.28. The van der Waals surface area contributed by atoms with Crippen LogP contribution in [0.4, 0.5) is 5.82 Å². The molecule has 5 rings (SSSR count). The molecule has 222 valence electrons. The molecule has 1 heterocycles. The summed E-state index contributed by atoms with van der Waals surface area (Å²) in [5.74, 6) is 3.52. The first kappa shape index (κ1) is 29.8. The van der Waals surface area contributed by atoms with Gasteiger partial charge in [0.25, 0.3) is 0 Å². The van der Waals surface area contributed by atoms with E-state index < -0.39 is 0 Å². The van der Waals surface area contributed by atoms with Gasteiger partial charge in [0.15, 0.2) is 5.82 Å². The highest BCUT2D eigenvalue weighted by molar-refractivity contribution is 5.80. The second-order valence-electron chi connectivity index (χ2n) is 9.64. The fourth-order valence-electron chi connectivity index (χ4n) is 4.40. The average Bonchev–Trinajstić information content (AvgIpc) is 3.08. The van der Waals surface area contributed by atoms with Crippen molar-refractivity contribution in [2.75, 3.05) is 32.9 Å². The van der Waals surface area contributed by atoms with Gasteiger partial charge in [-0.3, -0.25) is 10.2 Å². The van der Waals surface area contributed by atoms with Crippen LogP contribution in [-0.4, -0.2) is 50.1 Å². The Balaban J connectivity index is 1.23. The van der Waals surface area contributed by atoms with Crippen LogP contribution >= 0.6 is 0 Å². The second-order valence-corrected chi connectivity index (χ2v) is 9.64. The topological polar surface area (TPSA) is 104 Å². The zero-order valence-electron chi connectivity index (χ0n) is 24.5. The van der Waals surface area contributed by atoms with Crippen molar-refractivity contribution in [3.8, 4) is 34.3 Å². The Morgan fingerprint density at radius 3 is 1.98 bits per heavy atom. The predicted molar refractivity (Wildman–Crippen MR) is 170 cm³/mol. The van der Waals surface area contributed by atoms with Crippen molar-refractivity contribution in [1.82, 2.24) is 10.2 Å². The fourth-order valence-corrected chi connectivity index (χ4v) is 4.40. The van der Waals surface area contributed by atoms with Crippen LogP contribution in [0.25, 0.3) is 11.3 Å². The first-order valence-electron chi connectivity index (χ1n) is 14.0. The number of hydrogen-bond donors (Lipinski definition) is 1. The molecule has 0 aliphatic carbocycles. The molecule has 1 N–H and O–H groups in total. The number of ether oxygens (including phenoxy) is 4. The molecule has 44 heavy (non-hydrogen) atoms. The van der Waals surface area contributed by atoms with E-state index in [4.69, 9.17) is 18.9 Å². The van der Waals surface area contributed by atoms with Gasteiger partial charge in [-0.05, 0) is 96.1 Å². The van der Waals surface area contributed by atoms with Crippen molar-refractivity contribution < 1.29 is 23.7 Å². The van der Waals surface area contributed by atoms with Crippen LogP contribution in [0.15, 0.2) is 108 Å². The summed E-state index contributed by atoms with van der Waals surface area (Å²) < 4.78 is 22.3. The largest absolute Gasteiger partial charge is 0.497 e. The molecule has 0 spiro atoms. The van der Waals surface area contributed by atoms with Gasteiger partial charge < -0.3 is 18.9 Å². The van der Waals surface area contributed by atoms with Crippen LogP contribution in [0.5, 0.6) is 23.0 Å². The van der Waals surface area contributed by atoms with Crippen molar-refractivity contribution in [1.29, 1.82) is 0 Å². The lowest BCUT2D eigenvalue weighted by molar-refractivity contribution is 0.112. The van der Waals surface area contributed by atoms with Crippen LogP contribution in [0.2, 0.25) is 0 Å². The molecule has 0 radical (unpaired) electrons. The minimum atomic E-state index is 0.378. The summed E-state index contributed by atoms with van der Waals surface area (Å²) in [6, 6.07) is 32.1. The summed E-state index contributed by atoms with van der Waals surface area (Å²) in [7, 11) is 3.30. The van der Waals surface area contributed by atoms with Crippen LogP contribution < -0.4 is 24.4 Å². The summed E-state index contributed by atoms with van der Waals surface area (Å²) in [5, 5.41) is 13.3. The van der Waals surface area contributed by atoms with Crippen LogP contribution in [0, 0.1) is 0 Å². The number of aldehydes is 1. The first-order chi connectivity index (χ1) is 21.6. The number of hydrazone groups is 1. The molecule has 1 aromatic heterocycles. The Bertz CT molecular complexity index is 1690. The maximum Gasteiger partial charge on any atom is 0.172 e. The maximum atomic E-state index is 10.8. The summed E-state index contributed by atoms with van der Waals surface area (Å²) in [4.78, 5) is 10.8. The predicted octanol–water partition coefficient (Wildman–Crippen LogP) is 6.47. The van der Waals surface area contributed by atoms with Gasteiger partial charge in [0.1, 0.15) is 42.5 Å². The summed E-state index contributed by atoms with van der Waals surface area (Å²) in [5.41, 5.74) is 8.15. The van der Waals surface area contributed by atoms with Gasteiger partial charge in [0.05, 0.1) is 26.1 Å². The molecule has 9 nitrogen and oxygen atoms in total. The van der Waals surface area contributed by atoms with Crippen LogP contribution in [-0.2, 0) is 6.42 Å². The molecule has 0 saturated heterocycles. The number of benzene rings is 4. The van der Waals surface area contributed by atoms with Crippen LogP contribution in [0.1, 0.15) is 27.0 Å². The van der Waals surface area contributed by atoms with E-state index in [-0.39, 0.29) is 0 Å². The third-order valence-electron chi connectivity index (χ3n) is 6.73. The second kappa shape index (κ2) is 15.0. The summed E-state index contributed by atoms with van der Waals surface area (Å²) in [6.45, 7) is 0.758. The number of nitrogens with one attached hydrogen (secondary N) is 1. The number of carbonyl (C=O) groups is 1. The Labute approximate surface area is 256 Å². The molecule has 0 atom stereocenters. The molecule has 0 saturated carbocycles. The minimum absolute atomic E-state index is 0.378. The van der Waals surface area contributed by atoms with E-state index in [9.17, 15) is 4.79 Å². The zero-order valence-corrected chi connectivity index (χ0v) is 24.5. The molecule has 9 heteroatoms. The Morgan fingerprint density at radius 2 is 1.34 bits per heavy atom.